The van der Waals surface area contributed by atoms with Crippen LogP contribution in [-0.4, -0.2) is 0 Å². The number of halogens is 1. The number of allylic oxidation sites excluding steroid dienone is 4. The maximum absolute atomic E-state index is 6.37. The highest BCUT2D eigenvalue weighted by Gasteiger charge is 2.32. The summed E-state index contributed by atoms with van der Waals surface area (Å²) in [6, 6.07) is 14.8. The fourth-order valence-corrected chi connectivity index (χ4v) is 3.70. The lowest BCUT2D eigenvalue weighted by molar-refractivity contribution is 0.630. The first-order chi connectivity index (χ1) is 10.8. The zero-order chi connectivity index (χ0) is 15.5. The molecule has 0 saturated heterocycles. The molecule has 0 amide bonds. The summed E-state index contributed by atoms with van der Waals surface area (Å²) in [5, 5.41) is 0.839. The SMILES string of the molecule is CC.Clc1cc(-c2ccccc2)c2c(c1)C1C=CC=CC1C2. The molecule has 0 heterocycles. The van der Waals surface area contributed by atoms with Crippen molar-refractivity contribution in [3.8, 4) is 11.1 Å². The second-order valence-electron chi connectivity index (χ2n) is 5.55. The van der Waals surface area contributed by atoms with Gasteiger partial charge >= 0.3 is 0 Å². The Kier molecular flexibility index (Phi) is 4.49. The Balaban J connectivity index is 0.000000693. The summed E-state index contributed by atoms with van der Waals surface area (Å²) < 4.78 is 0. The van der Waals surface area contributed by atoms with E-state index in [1.807, 2.05) is 13.8 Å². The zero-order valence-corrected chi connectivity index (χ0v) is 13.8. The van der Waals surface area contributed by atoms with Crippen LogP contribution < -0.4 is 0 Å². The van der Waals surface area contributed by atoms with E-state index in [0.29, 0.717) is 11.8 Å². The maximum Gasteiger partial charge on any atom is 0.0415 e. The Morgan fingerprint density at radius 1 is 0.955 bits per heavy atom. The summed E-state index contributed by atoms with van der Waals surface area (Å²) in [7, 11) is 0. The fraction of sp³-hybridized carbons (Fsp3) is 0.238. The summed E-state index contributed by atoms with van der Waals surface area (Å²) in [6.45, 7) is 4.00. The van der Waals surface area contributed by atoms with E-state index >= 15 is 0 Å². The van der Waals surface area contributed by atoms with Crippen LogP contribution in [0.15, 0.2) is 66.8 Å². The average molecular weight is 309 g/mol. The van der Waals surface area contributed by atoms with Crippen LogP contribution in [0.4, 0.5) is 0 Å². The van der Waals surface area contributed by atoms with Crippen LogP contribution in [0, 0.1) is 5.92 Å². The van der Waals surface area contributed by atoms with Gasteiger partial charge in [0.1, 0.15) is 0 Å². The molecule has 4 rings (SSSR count). The lowest BCUT2D eigenvalue weighted by atomic mass is 9.89. The first-order valence-corrected chi connectivity index (χ1v) is 8.43. The van der Waals surface area contributed by atoms with Crippen molar-refractivity contribution in [3.05, 3.63) is 82.9 Å². The lowest BCUT2D eigenvalue weighted by Crippen LogP contribution is -2.04. The molecule has 22 heavy (non-hydrogen) atoms. The van der Waals surface area contributed by atoms with Gasteiger partial charge in [0, 0.05) is 10.9 Å². The number of hydrogen-bond acceptors (Lipinski definition) is 0. The van der Waals surface area contributed by atoms with Crippen LogP contribution in [0.5, 0.6) is 0 Å². The second kappa shape index (κ2) is 6.54. The van der Waals surface area contributed by atoms with Crippen LogP contribution in [0.3, 0.4) is 0 Å². The molecule has 0 saturated carbocycles. The van der Waals surface area contributed by atoms with E-state index in [-0.39, 0.29) is 0 Å². The van der Waals surface area contributed by atoms with E-state index in [0.717, 1.165) is 11.4 Å². The Bertz CT molecular complexity index is 710. The normalized spacial score (nSPS) is 20.9. The van der Waals surface area contributed by atoms with E-state index in [1.165, 1.54) is 22.3 Å². The summed E-state index contributed by atoms with van der Waals surface area (Å²) >= 11 is 6.37. The van der Waals surface area contributed by atoms with Crippen LogP contribution in [0.1, 0.15) is 30.9 Å². The minimum Gasteiger partial charge on any atom is -0.0843 e. The second-order valence-corrected chi connectivity index (χ2v) is 5.99. The molecule has 0 aliphatic heterocycles. The quantitative estimate of drug-likeness (QED) is 0.570. The Morgan fingerprint density at radius 2 is 1.68 bits per heavy atom. The molecule has 112 valence electrons. The minimum absolute atomic E-state index is 0.496. The number of rotatable bonds is 1. The Morgan fingerprint density at radius 3 is 2.45 bits per heavy atom. The van der Waals surface area contributed by atoms with Crippen LogP contribution in [-0.2, 0) is 6.42 Å². The van der Waals surface area contributed by atoms with E-state index in [1.54, 1.807) is 0 Å². The summed E-state index contributed by atoms with van der Waals surface area (Å²) in [5.41, 5.74) is 5.43. The highest BCUT2D eigenvalue weighted by Crippen LogP contribution is 2.46. The molecule has 0 N–H and O–H groups in total. The molecule has 0 spiro atoms. The molecule has 0 radical (unpaired) electrons. The van der Waals surface area contributed by atoms with Crippen molar-refractivity contribution in [2.75, 3.05) is 0 Å². The molecule has 2 aliphatic rings. The van der Waals surface area contributed by atoms with Gasteiger partial charge in [0.05, 0.1) is 0 Å². The monoisotopic (exact) mass is 308 g/mol. The van der Waals surface area contributed by atoms with Gasteiger partial charge in [0.15, 0.2) is 0 Å². The topological polar surface area (TPSA) is 0 Å². The smallest absolute Gasteiger partial charge is 0.0415 e. The van der Waals surface area contributed by atoms with Gasteiger partial charge in [0.25, 0.3) is 0 Å². The van der Waals surface area contributed by atoms with E-state index in [9.17, 15) is 0 Å². The van der Waals surface area contributed by atoms with Gasteiger partial charge in [-0.05, 0) is 46.7 Å². The molecular formula is C21H21Cl. The first kappa shape index (κ1) is 15.1. The van der Waals surface area contributed by atoms with E-state index < -0.39 is 0 Å². The van der Waals surface area contributed by atoms with Crippen molar-refractivity contribution in [2.45, 2.75) is 26.2 Å². The van der Waals surface area contributed by atoms with Crippen molar-refractivity contribution in [3.63, 3.8) is 0 Å². The molecule has 2 aromatic rings. The van der Waals surface area contributed by atoms with Crippen LogP contribution in [0.25, 0.3) is 11.1 Å². The average Bonchev–Trinajstić information content (AvgIpc) is 2.95. The molecule has 2 atom stereocenters. The third-order valence-corrected chi connectivity index (χ3v) is 4.60. The first-order valence-electron chi connectivity index (χ1n) is 8.05. The predicted molar refractivity (Wildman–Crippen MR) is 96.5 cm³/mol. The lowest BCUT2D eigenvalue weighted by Gasteiger charge is -2.16. The van der Waals surface area contributed by atoms with Crippen molar-refractivity contribution >= 4 is 11.6 Å². The van der Waals surface area contributed by atoms with E-state index in [4.69, 9.17) is 11.6 Å². The number of benzene rings is 2. The third kappa shape index (κ3) is 2.64. The fourth-order valence-electron chi connectivity index (χ4n) is 3.48. The number of hydrogen-bond donors (Lipinski definition) is 0. The summed E-state index contributed by atoms with van der Waals surface area (Å²) in [5.74, 6) is 1.09. The van der Waals surface area contributed by atoms with Crippen molar-refractivity contribution in [2.24, 2.45) is 5.92 Å². The van der Waals surface area contributed by atoms with Crippen molar-refractivity contribution in [1.29, 1.82) is 0 Å². The highest BCUT2D eigenvalue weighted by molar-refractivity contribution is 6.31. The van der Waals surface area contributed by atoms with E-state index in [2.05, 4.69) is 66.8 Å². The standard InChI is InChI=1S/C19H15Cl.C2H6/c20-15-11-17(13-6-2-1-3-7-13)18-10-14-8-4-5-9-16(14)19(18)12-15;1-2/h1-9,11-12,14,16H,10H2;1-2H3. The molecule has 2 aromatic carbocycles. The Labute approximate surface area is 138 Å². The number of fused-ring (bicyclic) bond motifs is 3. The van der Waals surface area contributed by atoms with Crippen molar-refractivity contribution < 1.29 is 0 Å². The Hall–Kier alpha value is -1.79. The van der Waals surface area contributed by atoms with Gasteiger partial charge in [-0.25, -0.2) is 0 Å². The highest BCUT2D eigenvalue weighted by atomic mass is 35.5. The molecular weight excluding hydrogens is 288 g/mol. The summed E-state index contributed by atoms with van der Waals surface area (Å²) in [6.07, 6.45) is 10.1. The van der Waals surface area contributed by atoms with Crippen LogP contribution in [0.2, 0.25) is 5.02 Å². The van der Waals surface area contributed by atoms with Gasteiger partial charge in [-0.2, -0.15) is 0 Å². The molecule has 2 aliphatic carbocycles. The summed E-state index contributed by atoms with van der Waals surface area (Å²) in [4.78, 5) is 0. The maximum atomic E-state index is 6.37. The molecule has 0 nitrogen and oxygen atoms in total. The molecule has 1 heteroatoms. The van der Waals surface area contributed by atoms with Gasteiger partial charge in [-0.1, -0.05) is 80.1 Å². The molecule has 0 fully saturated rings. The molecule has 2 unspecified atom stereocenters. The largest absolute Gasteiger partial charge is 0.0843 e. The predicted octanol–water partition coefficient (Wildman–Crippen LogP) is 6.42. The van der Waals surface area contributed by atoms with Gasteiger partial charge in [0.2, 0.25) is 0 Å². The molecule has 0 aromatic heterocycles. The van der Waals surface area contributed by atoms with Gasteiger partial charge < -0.3 is 0 Å². The third-order valence-electron chi connectivity index (χ3n) is 4.38. The van der Waals surface area contributed by atoms with Crippen molar-refractivity contribution in [1.82, 2.24) is 0 Å². The van der Waals surface area contributed by atoms with Gasteiger partial charge in [-0.15, -0.1) is 0 Å². The molecule has 0 bridgehead atoms. The van der Waals surface area contributed by atoms with Gasteiger partial charge in [-0.3, -0.25) is 0 Å². The zero-order valence-electron chi connectivity index (χ0n) is 13.1. The minimum atomic E-state index is 0.496. The van der Waals surface area contributed by atoms with Crippen LogP contribution >= 0.6 is 11.6 Å².